The van der Waals surface area contributed by atoms with Gasteiger partial charge >= 0.3 is 0 Å². The van der Waals surface area contributed by atoms with Crippen molar-refractivity contribution in [1.82, 2.24) is 9.88 Å². The Morgan fingerprint density at radius 3 is 2.57 bits per heavy atom. The van der Waals surface area contributed by atoms with Crippen molar-refractivity contribution in [2.24, 2.45) is 10.7 Å². The lowest BCUT2D eigenvalue weighted by Gasteiger charge is -2.35. The fourth-order valence-electron chi connectivity index (χ4n) is 3.60. The molecule has 3 aromatic rings. The molecule has 0 spiro atoms. The molecule has 2 aromatic carbocycles. The average Bonchev–Trinajstić information content (AvgIpc) is 2.77. The topological polar surface area (TPSA) is 54.5 Å². The highest BCUT2D eigenvalue weighted by Crippen LogP contribution is 2.37. The lowest BCUT2D eigenvalue weighted by atomic mass is 9.98. The number of amidine groups is 1. The summed E-state index contributed by atoms with van der Waals surface area (Å²) in [6.45, 7) is 10.1. The van der Waals surface area contributed by atoms with E-state index in [1.807, 2.05) is 25.3 Å². The van der Waals surface area contributed by atoms with Gasteiger partial charge in [-0.05, 0) is 44.5 Å². The van der Waals surface area contributed by atoms with E-state index in [4.69, 9.17) is 10.7 Å². The quantitative estimate of drug-likeness (QED) is 0.593. The molecule has 1 unspecified atom stereocenters. The van der Waals surface area contributed by atoms with Crippen molar-refractivity contribution in [1.29, 1.82) is 0 Å². The van der Waals surface area contributed by atoms with Crippen LogP contribution in [0.4, 0.5) is 0 Å². The van der Waals surface area contributed by atoms with Crippen LogP contribution in [0.1, 0.15) is 30.5 Å². The molecule has 150 valence electrons. The molecule has 30 heavy (non-hydrogen) atoms. The zero-order chi connectivity index (χ0) is 21.3. The Morgan fingerprint density at radius 2 is 1.83 bits per heavy atom. The summed E-state index contributed by atoms with van der Waals surface area (Å²) in [5.74, 6) is 0.588. The van der Waals surface area contributed by atoms with Crippen LogP contribution in [0.5, 0.6) is 0 Å². The summed E-state index contributed by atoms with van der Waals surface area (Å²) in [6.07, 6.45) is 5.76. The zero-order valence-electron chi connectivity index (χ0n) is 17.6. The van der Waals surface area contributed by atoms with Gasteiger partial charge in [-0.15, -0.1) is 0 Å². The Balaban J connectivity index is 2.02. The van der Waals surface area contributed by atoms with E-state index in [1.54, 1.807) is 0 Å². The molecular formula is C26H26N4. The summed E-state index contributed by atoms with van der Waals surface area (Å²) < 4.78 is 0. The van der Waals surface area contributed by atoms with Crippen LogP contribution < -0.4 is 5.73 Å². The molecule has 0 fully saturated rings. The van der Waals surface area contributed by atoms with Gasteiger partial charge in [-0.3, -0.25) is 4.98 Å². The van der Waals surface area contributed by atoms with Crippen LogP contribution in [-0.2, 0) is 0 Å². The molecule has 4 nitrogen and oxygen atoms in total. The van der Waals surface area contributed by atoms with Crippen LogP contribution in [0, 0.1) is 6.92 Å². The van der Waals surface area contributed by atoms with Crippen molar-refractivity contribution in [3.8, 4) is 0 Å². The van der Waals surface area contributed by atoms with Crippen molar-refractivity contribution in [2.45, 2.75) is 26.8 Å². The lowest BCUT2D eigenvalue weighted by Crippen LogP contribution is -2.41. The standard InChI is InChI=1S/C26H26N4/c1-5-17(2)16-30-19(4)26(27)29-24(20-10-8-18(3)9-11-20)25(30)22-12-13-23-21(15-22)7-6-14-28-23/h5-16,19H,1H2,2-4H3,(H2,27,29)/b17-16+. The first kappa shape index (κ1) is 19.6. The van der Waals surface area contributed by atoms with Crippen LogP contribution in [-0.4, -0.2) is 21.8 Å². The number of allylic oxidation sites excluding steroid dienone is 2. The number of benzene rings is 2. The number of hydrogen-bond acceptors (Lipinski definition) is 4. The summed E-state index contributed by atoms with van der Waals surface area (Å²) in [6, 6.07) is 18.7. The predicted octanol–water partition coefficient (Wildman–Crippen LogP) is 5.52. The van der Waals surface area contributed by atoms with Crippen molar-refractivity contribution >= 4 is 28.1 Å². The van der Waals surface area contributed by atoms with Crippen LogP contribution in [0.3, 0.4) is 0 Å². The minimum absolute atomic E-state index is 0.0753. The van der Waals surface area contributed by atoms with Crippen molar-refractivity contribution in [3.05, 3.63) is 102 Å². The van der Waals surface area contributed by atoms with E-state index >= 15 is 0 Å². The average molecular weight is 395 g/mol. The van der Waals surface area contributed by atoms with Gasteiger partial charge < -0.3 is 10.6 Å². The van der Waals surface area contributed by atoms with Gasteiger partial charge in [-0.1, -0.05) is 54.6 Å². The highest BCUT2D eigenvalue weighted by Gasteiger charge is 2.28. The van der Waals surface area contributed by atoms with E-state index in [9.17, 15) is 0 Å². The third-order valence-corrected chi connectivity index (χ3v) is 5.43. The Kier molecular flexibility index (Phi) is 5.23. The molecule has 1 atom stereocenters. The van der Waals surface area contributed by atoms with Crippen molar-refractivity contribution in [3.63, 3.8) is 0 Å². The van der Waals surface area contributed by atoms with E-state index < -0.39 is 0 Å². The first-order valence-electron chi connectivity index (χ1n) is 10.1. The molecule has 1 aliphatic rings. The van der Waals surface area contributed by atoms with E-state index in [-0.39, 0.29) is 6.04 Å². The Hall–Kier alpha value is -3.66. The largest absolute Gasteiger partial charge is 0.385 e. The fraction of sp³-hybridized carbons (Fsp3) is 0.154. The minimum Gasteiger partial charge on any atom is -0.385 e. The first-order chi connectivity index (χ1) is 14.5. The summed E-state index contributed by atoms with van der Waals surface area (Å²) in [4.78, 5) is 11.5. The SMILES string of the molecule is C=C/C(C)=C/N1C(c2ccc3ncccc3c2)=C(c2ccc(C)cc2)N=C(N)C1C. The molecule has 2 heterocycles. The van der Waals surface area contributed by atoms with E-state index in [0.29, 0.717) is 5.84 Å². The molecule has 0 aliphatic carbocycles. The molecule has 0 saturated carbocycles. The van der Waals surface area contributed by atoms with Crippen molar-refractivity contribution in [2.75, 3.05) is 0 Å². The number of aryl methyl sites for hydroxylation is 1. The van der Waals surface area contributed by atoms with Gasteiger partial charge in [0.05, 0.1) is 23.0 Å². The molecular weight excluding hydrogens is 368 g/mol. The molecule has 0 bridgehead atoms. The number of hydrogen-bond donors (Lipinski definition) is 1. The third-order valence-electron chi connectivity index (χ3n) is 5.43. The van der Waals surface area contributed by atoms with Crippen LogP contribution >= 0.6 is 0 Å². The summed E-state index contributed by atoms with van der Waals surface area (Å²) in [5, 5.41) is 1.09. The highest BCUT2D eigenvalue weighted by molar-refractivity contribution is 6.03. The second-order valence-corrected chi connectivity index (χ2v) is 7.67. The van der Waals surface area contributed by atoms with Gasteiger partial charge in [0.15, 0.2) is 0 Å². The maximum Gasteiger partial charge on any atom is 0.123 e. The van der Waals surface area contributed by atoms with Gasteiger partial charge in [-0.2, -0.15) is 0 Å². The van der Waals surface area contributed by atoms with Gasteiger partial charge in [0, 0.05) is 28.9 Å². The zero-order valence-corrected chi connectivity index (χ0v) is 17.6. The Labute approximate surface area is 177 Å². The number of nitrogens with zero attached hydrogens (tertiary/aromatic N) is 3. The van der Waals surface area contributed by atoms with Gasteiger partial charge in [0.25, 0.3) is 0 Å². The Bertz CT molecular complexity index is 1200. The number of fused-ring (bicyclic) bond motifs is 1. The highest BCUT2D eigenvalue weighted by atomic mass is 15.2. The van der Waals surface area contributed by atoms with Crippen LogP contribution in [0.25, 0.3) is 22.3 Å². The molecule has 1 aliphatic heterocycles. The molecule has 4 heteroatoms. The predicted molar refractivity (Wildman–Crippen MR) is 127 cm³/mol. The molecule has 0 radical (unpaired) electrons. The number of aromatic nitrogens is 1. The van der Waals surface area contributed by atoms with Crippen LogP contribution in [0.2, 0.25) is 0 Å². The summed E-state index contributed by atoms with van der Waals surface area (Å²) in [7, 11) is 0. The molecule has 0 amide bonds. The monoisotopic (exact) mass is 394 g/mol. The van der Waals surface area contributed by atoms with Crippen molar-refractivity contribution < 1.29 is 0 Å². The van der Waals surface area contributed by atoms with E-state index in [1.165, 1.54) is 5.56 Å². The van der Waals surface area contributed by atoms with Crippen LogP contribution in [0.15, 0.2) is 90.2 Å². The molecule has 1 aromatic heterocycles. The minimum atomic E-state index is -0.0753. The van der Waals surface area contributed by atoms with Gasteiger partial charge in [0.1, 0.15) is 5.84 Å². The second-order valence-electron chi connectivity index (χ2n) is 7.67. The smallest absolute Gasteiger partial charge is 0.123 e. The summed E-state index contributed by atoms with van der Waals surface area (Å²) >= 11 is 0. The number of aliphatic imine (C=N–C) groups is 1. The fourth-order valence-corrected chi connectivity index (χ4v) is 3.60. The van der Waals surface area contributed by atoms with Gasteiger partial charge in [-0.25, -0.2) is 4.99 Å². The van der Waals surface area contributed by atoms with E-state index in [0.717, 1.165) is 39.0 Å². The maximum absolute atomic E-state index is 6.38. The number of rotatable bonds is 4. The normalized spacial score (nSPS) is 17.3. The van der Waals surface area contributed by atoms with Gasteiger partial charge in [0.2, 0.25) is 0 Å². The number of pyridine rings is 1. The lowest BCUT2D eigenvalue weighted by molar-refractivity contribution is 0.487. The molecule has 0 saturated heterocycles. The first-order valence-corrected chi connectivity index (χ1v) is 10.1. The van der Waals surface area contributed by atoms with E-state index in [2.05, 4.69) is 85.0 Å². The molecule has 4 rings (SSSR count). The maximum atomic E-state index is 6.38. The summed E-state index contributed by atoms with van der Waals surface area (Å²) in [5.41, 5.74) is 13.6. The molecule has 2 N–H and O–H groups in total. The number of nitrogens with two attached hydrogens (primary N) is 1. The second kappa shape index (κ2) is 7.99. The third kappa shape index (κ3) is 3.64. The Morgan fingerprint density at radius 1 is 1.10 bits per heavy atom.